The maximum atomic E-state index is 13.0. The van der Waals surface area contributed by atoms with Crippen LogP contribution in [0.4, 0.5) is 5.82 Å². The normalized spacial score (nSPS) is 14.4. The lowest BCUT2D eigenvalue weighted by Gasteiger charge is -2.15. The molecule has 3 aromatic rings. The Hall–Kier alpha value is -3.71. The molecule has 13 heteroatoms. The van der Waals surface area contributed by atoms with E-state index in [-0.39, 0.29) is 22.7 Å². The van der Waals surface area contributed by atoms with Crippen molar-refractivity contribution in [2.24, 2.45) is 0 Å². The number of benzene rings is 1. The number of nitrogens with zero attached hydrogens (tertiary/aromatic N) is 4. The number of hydrogen-bond donors (Lipinski definition) is 1. The number of furan rings is 1. The Morgan fingerprint density at radius 3 is 2.68 bits per heavy atom. The summed E-state index contributed by atoms with van der Waals surface area (Å²) in [5.41, 5.74) is 1.28. The van der Waals surface area contributed by atoms with Crippen LogP contribution >= 0.6 is 28.1 Å². The molecule has 0 radical (unpaired) electrons. The standard InChI is InChI=1S/C24H24BrN5O6S/c1-3-34-20-8-5-15(11-21(20)35-4-2)9-10-29-23(31)19(26-24(29)37)12-16-6-7-17(36-16)13-28-14-18(25)22(27-28)30(32)33/h5-8,11-12,14H,3-4,9-10,13H2,1-2H3,(H,26,37)/b19-12+. The third-order valence-corrected chi connectivity index (χ3v) is 6.23. The van der Waals surface area contributed by atoms with E-state index in [9.17, 15) is 14.9 Å². The first-order valence-electron chi connectivity index (χ1n) is 11.5. The summed E-state index contributed by atoms with van der Waals surface area (Å²) in [7, 11) is 0. The van der Waals surface area contributed by atoms with E-state index < -0.39 is 4.92 Å². The Balaban J connectivity index is 1.40. The number of ether oxygens (including phenoxy) is 2. The van der Waals surface area contributed by atoms with Gasteiger partial charge in [0.05, 0.1) is 24.5 Å². The molecule has 1 aliphatic rings. The molecule has 2 aromatic heterocycles. The molecule has 0 aliphatic carbocycles. The summed E-state index contributed by atoms with van der Waals surface area (Å²) >= 11 is 8.50. The first-order valence-corrected chi connectivity index (χ1v) is 12.7. The van der Waals surface area contributed by atoms with E-state index in [2.05, 4.69) is 26.3 Å². The zero-order valence-electron chi connectivity index (χ0n) is 20.1. The van der Waals surface area contributed by atoms with E-state index in [1.165, 1.54) is 15.8 Å². The smallest absolute Gasteiger partial charge is 0.404 e. The minimum absolute atomic E-state index is 0.188. The molecule has 11 nitrogen and oxygen atoms in total. The predicted octanol–water partition coefficient (Wildman–Crippen LogP) is 4.29. The second-order valence-corrected chi connectivity index (χ2v) is 9.14. The molecule has 1 N–H and O–H groups in total. The van der Waals surface area contributed by atoms with Crippen LogP contribution in [0.3, 0.4) is 0 Å². The van der Waals surface area contributed by atoms with Crippen LogP contribution in [-0.4, -0.2) is 50.4 Å². The number of aromatic nitrogens is 2. The van der Waals surface area contributed by atoms with Crippen molar-refractivity contribution < 1.29 is 23.6 Å². The lowest BCUT2D eigenvalue weighted by Crippen LogP contribution is -2.32. The largest absolute Gasteiger partial charge is 0.490 e. The third kappa shape index (κ3) is 6.17. The van der Waals surface area contributed by atoms with Crippen molar-refractivity contribution in [1.82, 2.24) is 20.0 Å². The number of thiocarbonyl (C=S) groups is 1. The fourth-order valence-electron chi connectivity index (χ4n) is 3.72. The van der Waals surface area contributed by atoms with Gasteiger partial charge in [-0.05, 0) is 83.2 Å². The van der Waals surface area contributed by atoms with E-state index >= 15 is 0 Å². The monoisotopic (exact) mass is 589 g/mol. The van der Waals surface area contributed by atoms with Crippen LogP contribution in [0.15, 0.2) is 51.1 Å². The molecule has 1 amide bonds. The zero-order valence-corrected chi connectivity index (χ0v) is 22.5. The van der Waals surface area contributed by atoms with Gasteiger partial charge >= 0.3 is 5.82 Å². The Bertz CT molecular complexity index is 1370. The molecule has 37 heavy (non-hydrogen) atoms. The molecule has 1 saturated heterocycles. The number of rotatable bonds is 11. The molecule has 0 bridgehead atoms. The quantitative estimate of drug-likeness (QED) is 0.151. The topological polar surface area (TPSA) is 125 Å². The molecule has 0 atom stereocenters. The number of hydrogen-bond acceptors (Lipinski definition) is 8. The van der Waals surface area contributed by atoms with Gasteiger partial charge in [-0.3, -0.25) is 9.69 Å². The maximum Gasteiger partial charge on any atom is 0.404 e. The van der Waals surface area contributed by atoms with Gasteiger partial charge in [0.2, 0.25) is 0 Å². The van der Waals surface area contributed by atoms with E-state index in [0.717, 1.165) is 5.56 Å². The molecule has 0 unspecified atom stereocenters. The summed E-state index contributed by atoms with van der Waals surface area (Å²) in [5, 5.41) is 18.2. The fraction of sp³-hybridized carbons (Fsp3) is 0.292. The van der Waals surface area contributed by atoms with E-state index in [4.69, 9.17) is 26.1 Å². The molecular formula is C24H24BrN5O6S. The van der Waals surface area contributed by atoms with Gasteiger partial charge in [-0.25, -0.2) is 0 Å². The zero-order chi connectivity index (χ0) is 26.5. The highest BCUT2D eigenvalue weighted by Crippen LogP contribution is 2.29. The van der Waals surface area contributed by atoms with Crippen molar-refractivity contribution in [2.75, 3.05) is 19.8 Å². The molecule has 0 spiro atoms. The lowest BCUT2D eigenvalue weighted by molar-refractivity contribution is -0.390. The summed E-state index contributed by atoms with van der Waals surface area (Å²) in [6.07, 6.45) is 3.65. The lowest BCUT2D eigenvalue weighted by atomic mass is 10.1. The average molecular weight is 590 g/mol. The molecule has 1 aliphatic heterocycles. The van der Waals surface area contributed by atoms with Crippen LogP contribution in [-0.2, 0) is 17.8 Å². The van der Waals surface area contributed by atoms with Gasteiger partial charge in [-0.2, -0.15) is 4.68 Å². The van der Waals surface area contributed by atoms with Crippen LogP contribution < -0.4 is 14.8 Å². The molecule has 3 heterocycles. The Labute approximate surface area is 226 Å². The summed E-state index contributed by atoms with van der Waals surface area (Å²) < 4.78 is 18.7. The second-order valence-electron chi connectivity index (χ2n) is 7.90. The van der Waals surface area contributed by atoms with Crippen LogP contribution in [0.25, 0.3) is 6.08 Å². The van der Waals surface area contributed by atoms with Crippen LogP contribution in [0.2, 0.25) is 0 Å². The summed E-state index contributed by atoms with van der Waals surface area (Å²) in [5.74, 6) is 1.77. The Morgan fingerprint density at radius 2 is 1.97 bits per heavy atom. The SMILES string of the molecule is CCOc1ccc(CCN2C(=O)/C(=C\c3ccc(Cn4cc(Br)c([N+](=O)[O-])n4)o3)NC2=S)cc1OCC. The number of nitro groups is 1. The minimum Gasteiger partial charge on any atom is -0.490 e. The highest BCUT2D eigenvalue weighted by Gasteiger charge is 2.30. The fourth-order valence-corrected chi connectivity index (χ4v) is 4.46. The first-order chi connectivity index (χ1) is 17.8. The van der Waals surface area contributed by atoms with Gasteiger partial charge in [0.1, 0.15) is 28.2 Å². The summed E-state index contributed by atoms with van der Waals surface area (Å²) in [6.45, 7) is 5.46. The number of amides is 1. The van der Waals surface area contributed by atoms with Crippen LogP contribution in [0.1, 0.15) is 30.9 Å². The van der Waals surface area contributed by atoms with Crippen LogP contribution in [0.5, 0.6) is 11.5 Å². The van der Waals surface area contributed by atoms with Crippen LogP contribution in [0, 0.1) is 10.1 Å². The van der Waals surface area contributed by atoms with Crippen molar-refractivity contribution in [3.63, 3.8) is 0 Å². The first kappa shape index (κ1) is 26.4. The van der Waals surface area contributed by atoms with Gasteiger partial charge in [0.25, 0.3) is 5.91 Å². The van der Waals surface area contributed by atoms with E-state index in [1.807, 2.05) is 32.0 Å². The average Bonchev–Trinajstić information content (AvgIpc) is 3.52. The molecule has 0 saturated carbocycles. The van der Waals surface area contributed by atoms with Gasteiger partial charge in [0.15, 0.2) is 16.6 Å². The van der Waals surface area contributed by atoms with E-state index in [1.54, 1.807) is 18.2 Å². The second kappa shape index (κ2) is 11.6. The number of carbonyl (C=O) groups is 1. The Morgan fingerprint density at radius 1 is 1.22 bits per heavy atom. The van der Waals surface area contributed by atoms with E-state index in [0.29, 0.717) is 60.0 Å². The summed E-state index contributed by atoms with van der Waals surface area (Å²) in [6, 6.07) is 9.14. The van der Waals surface area contributed by atoms with Crippen molar-refractivity contribution in [3.8, 4) is 11.5 Å². The van der Waals surface area contributed by atoms with Crippen molar-refractivity contribution in [1.29, 1.82) is 0 Å². The molecule has 1 fully saturated rings. The van der Waals surface area contributed by atoms with Crippen molar-refractivity contribution in [3.05, 3.63) is 73.9 Å². The van der Waals surface area contributed by atoms with Gasteiger partial charge < -0.3 is 29.3 Å². The number of nitrogens with one attached hydrogen (secondary N) is 1. The highest BCUT2D eigenvalue weighted by molar-refractivity contribution is 9.10. The van der Waals surface area contributed by atoms with Crippen molar-refractivity contribution >= 4 is 51.1 Å². The molecule has 1 aromatic carbocycles. The summed E-state index contributed by atoms with van der Waals surface area (Å²) in [4.78, 5) is 24.9. The molecular weight excluding hydrogens is 566 g/mol. The van der Waals surface area contributed by atoms with Gasteiger partial charge in [-0.1, -0.05) is 6.07 Å². The number of halogens is 1. The van der Waals surface area contributed by atoms with Gasteiger partial charge in [-0.15, -0.1) is 0 Å². The predicted molar refractivity (Wildman–Crippen MR) is 142 cm³/mol. The molecule has 194 valence electrons. The van der Waals surface area contributed by atoms with Gasteiger partial charge in [0, 0.05) is 12.6 Å². The Kier molecular flexibility index (Phi) is 8.24. The number of carbonyl (C=O) groups excluding carboxylic acids is 1. The molecule has 4 rings (SSSR count). The maximum absolute atomic E-state index is 13.0. The highest BCUT2D eigenvalue weighted by atomic mass is 79.9. The minimum atomic E-state index is -0.571. The van der Waals surface area contributed by atoms with Crippen molar-refractivity contribution in [2.45, 2.75) is 26.8 Å². The third-order valence-electron chi connectivity index (χ3n) is 5.35.